The van der Waals surface area contributed by atoms with E-state index in [2.05, 4.69) is 21.2 Å². The maximum Gasteiger partial charge on any atom is 0.326 e. The summed E-state index contributed by atoms with van der Waals surface area (Å²) < 4.78 is 5.88. The van der Waals surface area contributed by atoms with E-state index in [-0.39, 0.29) is 35.5 Å². The highest BCUT2D eigenvalue weighted by molar-refractivity contribution is 9.10. The normalized spacial score (nSPS) is 27.3. The van der Waals surface area contributed by atoms with E-state index in [1.165, 1.54) is 0 Å². The number of fused-ring (bicyclic) bond motifs is 5. The van der Waals surface area contributed by atoms with Crippen molar-refractivity contribution in [3.63, 3.8) is 0 Å². The van der Waals surface area contributed by atoms with Crippen molar-refractivity contribution in [3.8, 4) is 0 Å². The molecule has 1 saturated heterocycles. The number of carbonyl (C=O) groups excluding carboxylic acids is 4. The average Bonchev–Trinajstić information content (AvgIpc) is 3.33. The van der Waals surface area contributed by atoms with E-state index >= 15 is 0 Å². The second-order valence-corrected chi connectivity index (χ2v) is 8.29. The van der Waals surface area contributed by atoms with Crippen molar-refractivity contribution in [2.45, 2.75) is 13.3 Å². The van der Waals surface area contributed by atoms with Crippen LogP contribution in [0.2, 0.25) is 0 Å². The second kappa shape index (κ2) is 7.16. The van der Waals surface area contributed by atoms with Crippen LogP contribution in [0.15, 0.2) is 34.8 Å². The van der Waals surface area contributed by atoms with Gasteiger partial charge in [-0.15, -0.1) is 0 Å². The van der Waals surface area contributed by atoms with Gasteiger partial charge in [0.05, 0.1) is 11.8 Å². The fourth-order valence-electron chi connectivity index (χ4n) is 4.36. The number of hydrogen-bond acceptors (Lipinski definition) is 5. The highest BCUT2D eigenvalue weighted by Gasteiger charge is 2.59. The second-order valence-electron chi connectivity index (χ2n) is 7.44. The fourth-order valence-corrected chi connectivity index (χ4v) is 4.61. The average molecular weight is 447 g/mol. The summed E-state index contributed by atoms with van der Waals surface area (Å²) in [5.41, 5.74) is 1.54. The van der Waals surface area contributed by atoms with Crippen LogP contribution in [-0.4, -0.2) is 41.7 Å². The van der Waals surface area contributed by atoms with Crippen LogP contribution in [0.25, 0.3) is 0 Å². The molecule has 0 unspecified atom stereocenters. The Labute approximate surface area is 170 Å². The first-order valence-electron chi connectivity index (χ1n) is 9.10. The third-order valence-electron chi connectivity index (χ3n) is 5.65. The molecule has 2 bridgehead atoms. The number of nitrogens with one attached hydrogen (secondary N) is 1. The molecule has 7 nitrogen and oxygen atoms in total. The molecule has 4 atom stereocenters. The largest absolute Gasteiger partial charge is 0.454 e. The Kier molecular flexibility index (Phi) is 4.82. The summed E-state index contributed by atoms with van der Waals surface area (Å²) in [7, 11) is 0. The number of aryl methyl sites for hydroxylation is 1. The van der Waals surface area contributed by atoms with E-state index in [0.717, 1.165) is 21.4 Å². The summed E-state index contributed by atoms with van der Waals surface area (Å²) in [5.74, 6) is -2.40. The first-order chi connectivity index (χ1) is 13.3. The molecule has 2 aliphatic carbocycles. The number of benzene rings is 1. The molecule has 1 aliphatic heterocycles. The highest BCUT2D eigenvalue weighted by atomic mass is 79.9. The predicted molar refractivity (Wildman–Crippen MR) is 103 cm³/mol. The Bertz CT molecular complexity index is 882. The van der Waals surface area contributed by atoms with Crippen molar-refractivity contribution in [2.24, 2.45) is 23.7 Å². The van der Waals surface area contributed by atoms with Crippen molar-refractivity contribution in [3.05, 3.63) is 40.4 Å². The van der Waals surface area contributed by atoms with E-state index in [4.69, 9.17) is 4.74 Å². The minimum absolute atomic E-state index is 0.0904. The lowest BCUT2D eigenvalue weighted by Gasteiger charge is -2.16. The van der Waals surface area contributed by atoms with Crippen LogP contribution in [0.4, 0.5) is 5.69 Å². The molecule has 28 heavy (non-hydrogen) atoms. The minimum atomic E-state index is -0.774. The van der Waals surface area contributed by atoms with Crippen LogP contribution >= 0.6 is 15.9 Å². The summed E-state index contributed by atoms with van der Waals surface area (Å²) in [5, 5.41) is 2.64. The van der Waals surface area contributed by atoms with Gasteiger partial charge in [0.15, 0.2) is 6.61 Å². The van der Waals surface area contributed by atoms with Gasteiger partial charge in [-0.05, 0) is 48.9 Å². The lowest BCUT2D eigenvalue weighted by Crippen LogP contribution is -2.38. The van der Waals surface area contributed by atoms with Crippen molar-refractivity contribution in [1.82, 2.24) is 4.90 Å². The number of hydrogen-bond donors (Lipinski definition) is 1. The number of rotatable bonds is 5. The third-order valence-corrected chi connectivity index (χ3v) is 6.54. The zero-order valence-corrected chi connectivity index (χ0v) is 16.8. The van der Waals surface area contributed by atoms with Gasteiger partial charge in [-0.1, -0.05) is 28.1 Å². The summed E-state index contributed by atoms with van der Waals surface area (Å²) in [6, 6.07) is 5.31. The molecular formula is C20H19BrN2O5. The number of carbonyl (C=O) groups is 4. The van der Waals surface area contributed by atoms with Gasteiger partial charge in [-0.3, -0.25) is 24.1 Å². The van der Waals surface area contributed by atoms with Crippen molar-refractivity contribution in [2.75, 3.05) is 18.5 Å². The van der Waals surface area contributed by atoms with Gasteiger partial charge in [-0.2, -0.15) is 0 Å². The van der Waals surface area contributed by atoms with Crippen LogP contribution in [0.1, 0.15) is 12.0 Å². The number of halogens is 1. The molecule has 4 rings (SSSR count). The van der Waals surface area contributed by atoms with Gasteiger partial charge in [0.2, 0.25) is 11.8 Å². The number of likely N-dealkylation sites (tertiary alicyclic amines) is 1. The SMILES string of the molecule is Cc1cc(NC(=O)COC(=O)CN2C(=O)[C@@H]3[C@@H](C2=O)[C@H]2C=C[C@H]3C2)ccc1Br. The van der Waals surface area contributed by atoms with Crippen molar-refractivity contribution >= 4 is 45.3 Å². The molecule has 8 heteroatoms. The maximum atomic E-state index is 12.5. The number of nitrogens with zero attached hydrogens (tertiary/aromatic N) is 1. The predicted octanol–water partition coefficient (Wildman–Crippen LogP) is 2.05. The van der Waals surface area contributed by atoms with Crippen molar-refractivity contribution in [1.29, 1.82) is 0 Å². The Morgan fingerprint density at radius 2 is 1.82 bits per heavy atom. The number of ether oxygens (including phenoxy) is 1. The molecule has 1 aromatic carbocycles. The Balaban J connectivity index is 1.29. The monoisotopic (exact) mass is 446 g/mol. The van der Waals surface area contributed by atoms with Crippen LogP contribution in [0.5, 0.6) is 0 Å². The standard InChI is InChI=1S/C20H19BrN2O5/c1-10-6-13(4-5-14(10)21)22-15(24)9-28-16(25)8-23-19(26)17-11-2-3-12(7-11)18(17)20(23)27/h2-6,11-12,17-18H,7-9H2,1H3,(H,22,24)/t11-,12-,17-,18-/m0/s1. The molecular weight excluding hydrogens is 428 g/mol. The van der Waals surface area contributed by atoms with Gasteiger partial charge in [0, 0.05) is 10.2 Å². The lowest BCUT2D eigenvalue weighted by molar-refractivity contribution is -0.154. The van der Waals surface area contributed by atoms with Gasteiger partial charge in [0.1, 0.15) is 6.54 Å². The Morgan fingerprint density at radius 1 is 1.18 bits per heavy atom. The molecule has 1 heterocycles. The zero-order chi connectivity index (χ0) is 20.0. The molecule has 3 aliphatic rings. The van der Waals surface area contributed by atoms with Gasteiger partial charge in [0.25, 0.3) is 5.91 Å². The third kappa shape index (κ3) is 3.26. The zero-order valence-electron chi connectivity index (χ0n) is 15.2. The molecule has 0 aromatic heterocycles. The molecule has 3 amide bonds. The van der Waals surface area contributed by atoms with Crippen molar-refractivity contribution < 1.29 is 23.9 Å². The van der Waals surface area contributed by atoms with Crippen LogP contribution in [-0.2, 0) is 23.9 Å². The molecule has 0 spiro atoms. The number of esters is 1. The topological polar surface area (TPSA) is 92.8 Å². The van der Waals surface area contributed by atoms with Gasteiger partial charge in [-0.25, -0.2) is 0 Å². The molecule has 146 valence electrons. The van der Waals surface area contributed by atoms with Crippen LogP contribution < -0.4 is 5.32 Å². The Hall–Kier alpha value is -2.48. The Morgan fingerprint density at radius 3 is 2.43 bits per heavy atom. The molecule has 2 fully saturated rings. The summed E-state index contributed by atoms with van der Waals surface area (Å²) >= 11 is 3.38. The number of amides is 3. The quantitative estimate of drug-likeness (QED) is 0.424. The first-order valence-corrected chi connectivity index (χ1v) is 9.89. The van der Waals surface area contributed by atoms with Crippen LogP contribution in [0.3, 0.4) is 0 Å². The fraction of sp³-hybridized carbons (Fsp3) is 0.400. The maximum absolute atomic E-state index is 12.5. The summed E-state index contributed by atoms with van der Waals surface area (Å²) in [6.45, 7) is 0.958. The lowest BCUT2D eigenvalue weighted by atomic mass is 9.85. The smallest absolute Gasteiger partial charge is 0.326 e. The molecule has 1 N–H and O–H groups in total. The minimum Gasteiger partial charge on any atom is -0.454 e. The number of anilines is 1. The van der Waals surface area contributed by atoms with E-state index < -0.39 is 25.0 Å². The van der Waals surface area contributed by atoms with E-state index in [9.17, 15) is 19.2 Å². The molecule has 0 radical (unpaired) electrons. The highest BCUT2D eigenvalue weighted by Crippen LogP contribution is 2.52. The summed E-state index contributed by atoms with van der Waals surface area (Å²) in [6.07, 6.45) is 4.82. The van der Waals surface area contributed by atoms with Gasteiger partial charge < -0.3 is 10.1 Å². The summed E-state index contributed by atoms with van der Waals surface area (Å²) in [4.78, 5) is 50.1. The molecule has 1 saturated carbocycles. The number of imide groups is 1. The van der Waals surface area contributed by atoms with E-state index in [0.29, 0.717) is 5.69 Å². The van der Waals surface area contributed by atoms with E-state index in [1.54, 1.807) is 18.2 Å². The van der Waals surface area contributed by atoms with Crippen LogP contribution in [0, 0.1) is 30.6 Å². The number of allylic oxidation sites excluding steroid dienone is 2. The molecule has 1 aromatic rings. The van der Waals surface area contributed by atoms with E-state index in [1.807, 2.05) is 19.1 Å². The first kappa shape index (κ1) is 18.9. The van der Waals surface area contributed by atoms with Gasteiger partial charge >= 0.3 is 5.97 Å².